The summed E-state index contributed by atoms with van der Waals surface area (Å²) in [6.45, 7) is 1.84. The van der Waals surface area contributed by atoms with Crippen LogP contribution in [0.5, 0.6) is 0 Å². The summed E-state index contributed by atoms with van der Waals surface area (Å²) in [7, 11) is 0. The highest BCUT2D eigenvalue weighted by Crippen LogP contribution is 2.34. The number of aryl methyl sites for hydroxylation is 2. The molecule has 2 heterocycles. The summed E-state index contributed by atoms with van der Waals surface area (Å²) in [6.07, 6.45) is 4.50. The summed E-state index contributed by atoms with van der Waals surface area (Å²) in [5, 5.41) is 4.23. The van der Waals surface area contributed by atoms with Crippen LogP contribution in [0, 0.1) is 0 Å². The lowest BCUT2D eigenvalue weighted by atomic mass is 10.1. The molecule has 3 aromatic rings. The molecule has 26 heavy (non-hydrogen) atoms. The quantitative estimate of drug-likeness (QED) is 0.745. The van der Waals surface area contributed by atoms with Crippen LogP contribution in [0.15, 0.2) is 35.4 Å². The summed E-state index contributed by atoms with van der Waals surface area (Å²) < 4.78 is 1.40. The van der Waals surface area contributed by atoms with Gasteiger partial charge >= 0.3 is 0 Å². The highest BCUT2D eigenvalue weighted by atomic mass is 35.5. The summed E-state index contributed by atoms with van der Waals surface area (Å²) in [5.74, 6) is -0.229. The van der Waals surface area contributed by atoms with Crippen molar-refractivity contribution in [2.45, 2.75) is 38.8 Å². The molecule has 0 radical (unpaired) electrons. The molecule has 0 saturated heterocycles. The summed E-state index contributed by atoms with van der Waals surface area (Å²) in [6, 6.07) is 7.17. The maximum absolute atomic E-state index is 12.8. The molecule has 1 aliphatic rings. The largest absolute Gasteiger partial charge is 0.348 e. The molecule has 5 nitrogen and oxygen atoms in total. The predicted octanol–water partition coefficient (Wildman–Crippen LogP) is 3.48. The third kappa shape index (κ3) is 3.15. The van der Waals surface area contributed by atoms with E-state index in [1.807, 2.05) is 25.1 Å². The first kappa shape index (κ1) is 17.2. The zero-order valence-electron chi connectivity index (χ0n) is 14.3. The Hall–Kier alpha value is -2.18. The van der Waals surface area contributed by atoms with Crippen LogP contribution in [0.2, 0.25) is 5.02 Å². The van der Waals surface area contributed by atoms with Crippen molar-refractivity contribution in [3.8, 4) is 0 Å². The van der Waals surface area contributed by atoms with Crippen LogP contribution < -0.4 is 10.9 Å². The van der Waals surface area contributed by atoms with Crippen LogP contribution in [0.3, 0.4) is 0 Å². The molecule has 1 aliphatic carbocycles. The predicted molar refractivity (Wildman–Crippen MR) is 104 cm³/mol. The van der Waals surface area contributed by atoms with E-state index in [1.165, 1.54) is 15.8 Å². The smallest absolute Gasteiger partial charge is 0.262 e. The molecule has 0 fully saturated rings. The number of hydrogen-bond acceptors (Lipinski definition) is 4. The highest BCUT2D eigenvalue weighted by molar-refractivity contribution is 7.18. The standard InChI is InChI=1S/C19H18ClN3O2S/c1-11(12-4-2-5-13(20)8-12)22-16(24)9-23-10-21-18-17(19(23)25)14-6-3-7-15(14)26-18/h2,4-5,8,10-11H,3,6-7,9H2,1H3,(H,22,24). The van der Waals surface area contributed by atoms with Crippen molar-refractivity contribution < 1.29 is 4.79 Å². The number of hydrogen-bond donors (Lipinski definition) is 1. The van der Waals surface area contributed by atoms with Crippen molar-refractivity contribution in [3.05, 3.63) is 62.0 Å². The monoisotopic (exact) mass is 387 g/mol. The average Bonchev–Trinajstić information content (AvgIpc) is 3.18. The lowest BCUT2D eigenvalue weighted by Gasteiger charge is -2.15. The Morgan fingerprint density at radius 3 is 3.08 bits per heavy atom. The van der Waals surface area contributed by atoms with Crippen LogP contribution in [-0.4, -0.2) is 15.5 Å². The van der Waals surface area contributed by atoms with Crippen molar-refractivity contribution in [1.82, 2.24) is 14.9 Å². The average molecular weight is 388 g/mol. The molecule has 134 valence electrons. The van der Waals surface area contributed by atoms with Crippen molar-refractivity contribution in [3.63, 3.8) is 0 Å². The van der Waals surface area contributed by atoms with E-state index in [0.717, 1.165) is 35.2 Å². The highest BCUT2D eigenvalue weighted by Gasteiger charge is 2.22. The Labute approximate surface area is 159 Å². The molecule has 0 spiro atoms. The number of fused-ring (bicyclic) bond motifs is 3. The maximum atomic E-state index is 12.8. The number of halogens is 1. The van der Waals surface area contributed by atoms with Gasteiger partial charge in [0.25, 0.3) is 5.56 Å². The molecule has 2 aromatic heterocycles. The molecule has 1 aromatic carbocycles. The fourth-order valence-corrected chi connectivity index (χ4v) is 4.85. The van der Waals surface area contributed by atoms with Gasteiger partial charge in [0, 0.05) is 9.90 Å². The Balaban J connectivity index is 1.54. The molecule has 0 bridgehead atoms. The lowest BCUT2D eigenvalue weighted by Crippen LogP contribution is -2.34. The Kier molecular flexibility index (Phi) is 4.54. The Morgan fingerprint density at radius 2 is 2.27 bits per heavy atom. The molecule has 4 rings (SSSR count). The van der Waals surface area contributed by atoms with Gasteiger partial charge in [0.1, 0.15) is 11.4 Å². The maximum Gasteiger partial charge on any atom is 0.262 e. The number of carbonyl (C=O) groups excluding carboxylic acids is 1. The normalized spacial score (nSPS) is 14.4. The van der Waals surface area contributed by atoms with Gasteiger partial charge in [0.05, 0.1) is 17.8 Å². The number of carbonyl (C=O) groups is 1. The third-order valence-electron chi connectivity index (χ3n) is 4.73. The first-order valence-electron chi connectivity index (χ1n) is 8.57. The molecule has 1 N–H and O–H groups in total. The van der Waals surface area contributed by atoms with E-state index in [2.05, 4.69) is 10.3 Å². The number of benzene rings is 1. The van der Waals surface area contributed by atoms with E-state index in [0.29, 0.717) is 10.4 Å². The topological polar surface area (TPSA) is 64.0 Å². The first-order chi connectivity index (χ1) is 12.5. The number of thiophene rings is 1. The summed E-state index contributed by atoms with van der Waals surface area (Å²) in [4.78, 5) is 31.7. The minimum atomic E-state index is -0.229. The van der Waals surface area contributed by atoms with Gasteiger partial charge < -0.3 is 5.32 Å². The van der Waals surface area contributed by atoms with Crippen molar-refractivity contribution in [2.75, 3.05) is 0 Å². The molecule has 1 unspecified atom stereocenters. The first-order valence-corrected chi connectivity index (χ1v) is 9.77. The second-order valence-corrected chi connectivity index (χ2v) is 8.08. The van der Waals surface area contributed by atoms with E-state index < -0.39 is 0 Å². The zero-order chi connectivity index (χ0) is 18.3. The van der Waals surface area contributed by atoms with Crippen LogP contribution in [-0.2, 0) is 24.2 Å². The van der Waals surface area contributed by atoms with E-state index in [1.54, 1.807) is 17.4 Å². The fraction of sp³-hybridized carbons (Fsp3) is 0.316. The minimum absolute atomic E-state index is 0.0443. The van der Waals surface area contributed by atoms with Gasteiger partial charge in [-0.05, 0) is 49.4 Å². The second-order valence-electron chi connectivity index (χ2n) is 6.56. The van der Waals surface area contributed by atoms with Crippen molar-refractivity contribution >= 4 is 39.1 Å². The molecular formula is C19H18ClN3O2S. The van der Waals surface area contributed by atoms with Crippen LogP contribution in [0.25, 0.3) is 10.2 Å². The van der Waals surface area contributed by atoms with Crippen LogP contribution >= 0.6 is 22.9 Å². The lowest BCUT2D eigenvalue weighted by molar-refractivity contribution is -0.122. The van der Waals surface area contributed by atoms with E-state index in [-0.39, 0.29) is 24.1 Å². The van der Waals surface area contributed by atoms with E-state index in [4.69, 9.17) is 11.6 Å². The van der Waals surface area contributed by atoms with Crippen molar-refractivity contribution in [1.29, 1.82) is 0 Å². The fourth-order valence-electron chi connectivity index (χ4n) is 3.43. The van der Waals surface area contributed by atoms with Gasteiger partial charge in [-0.2, -0.15) is 0 Å². The molecule has 0 aliphatic heterocycles. The van der Waals surface area contributed by atoms with E-state index in [9.17, 15) is 9.59 Å². The third-order valence-corrected chi connectivity index (χ3v) is 6.17. The van der Waals surface area contributed by atoms with Crippen LogP contribution in [0.1, 0.15) is 35.4 Å². The zero-order valence-corrected chi connectivity index (χ0v) is 15.9. The SMILES string of the molecule is CC(NC(=O)Cn1cnc2sc3c(c2c1=O)CCC3)c1cccc(Cl)c1. The summed E-state index contributed by atoms with van der Waals surface area (Å²) >= 11 is 7.60. The molecule has 1 atom stereocenters. The van der Waals surface area contributed by atoms with Crippen LogP contribution in [0.4, 0.5) is 0 Å². The van der Waals surface area contributed by atoms with Gasteiger partial charge in [0.15, 0.2) is 0 Å². The van der Waals surface area contributed by atoms with Gasteiger partial charge in [-0.25, -0.2) is 4.98 Å². The Bertz CT molecular complexity index is 1060. The molecule has 0 saturated carbocycles. The number of aromatic nitrogens is 2. The van der Waals surface area contributed by atoms with Gasteiger partial charge in [-0.15, -0.1) is 11.3 Å². The Morgan fingerprint density at radius 1 is 1.42 bits per heavy atom. The van der Waals surface area contributed by atoms with Gasteiger partial charge in [0.2, 0.25) is 5.91 Å². The number of rotatable bonds is 4. The summed E-state index contributed by atoms with van der Waals surface area (Å²) in [5.41, 5.74) is 1.92. The van der Waals surface area contributed by atoms with Crippen molar-refractivity contribution in [2.24, 2.45) is 0 Å². The molecule has 1 amide bonds. The van der Waals surface area contributed by atoms with Gasteiger partial charge in [-0.3, -0.25) is 14.2 Å². The number of amides is 1. The molecular weight excluding hydrogens is 370 g/mol. The number of nitrogens with one attached hydrogen (secondary N) is 1. The van der Waals surface area contributed by atoms with E-state index >= 15 is 0 Å². The minimum Gasteiger partial charge on any atom is -0.348 e. The second kappa shape index (κ2) is 6.85. The molecule has 7 heteroatoms. The number of nitrogens with zero attached hydrogens (tertiary/aromatic N) is 2. The van der Waals surface area contributed by atoms with Gasteiger partial charge in [-0.1, -0.05) is 23.7 Å².